The molecule has 3 aromatic heterocycles. The summed E-state index contributed by atoms with van der Waals surface area (Å²) in [4.78, 5) is 9.90. The maximum Gasteiger partial charge on any atom is 0.112 e. The van der Waals surface area contributed by atoms with Crippen LogP contribution in [0.2, 0.25) is 4.34 Å². The van der Waals surface area contributed by atoms with E-state index in [4.69, 9.17) is 11.6 Å². The monoisotopic (exact) mass is 353 g/mol. The van der Waals surface area contributed by atoms with Gasteiger partial charge in [-0.25, -0.2) is 0 Å². The lowest BCUT2D eigenvalue weighted by atomic mass is 10.3. The van der Waals surface area contributed by atoms with Gasteiger partial charge in [-0.05, 0) is 40.2 Å². The lowest BCUT2D eigenvalue weighted by Gasteiger charge is -2.07. The molecule has 1 N–H and O–H groups in total. The summed E-state index contributed by atoms with van der Waals surface area (Å²) in [6, 6.07) is 7.81. The van der Waals surface area contributed by atoms with Crippen molar-refractivity contribution in [3.8, 4) is 0 Å². The van der Waals surface area contributed by atoms with E-state index in [1.807, 2.05) is 24.3 Å². The first-order chi connectivity index (χ1) is 9.22. The number of rotatable bonds is 3. The van der Waals surface area contributed by atoms with Crippen molar-refractivity contribution in [3.63, 3.8) is 0 Å². The number of halogens is 2. The molecule has 3 rings (SSSR count). The van der Waals surface area contributed by atoms with Crippen LogP contribution in [0.5, 0.6) is 0 Å². The van der Waals surface area contributed by atoms with Gasteiger partial charge in [-0.15, -0.1) is 11.3 Å². The van der Waals surface area contributed by atoms with Gasteiger partial charge in [0.15, 0.2) is 0 Å². The van der Waals surface area contributed by atoms with Gasteiger partial charge >= 0.3 is 0 Å². The second kappa shape index (κ2) is 5.45. The highest BCUT2D eigenvalue weighted by molar-refractivity contribution is 9.10. The van der Waals surface area contributed by atoms with Crippen LogP contribution >= 0.6 is 38.9 Å². The summed E-state index contributed by atoms with van der Waals surface area (Å²) in [5.41, 5.74) is 2.71. The maximum absolute atomic E-state index is 5.92. The third kappa shape index (κ3) is 2.88. The number of aromatic nitrogens is 2. The van der Waals surface area contributed by atoms with E-state index in [1.54, 1.807) is 23.7 Å². The van der Waals surface area contributed by atoms with E-state index in [9.17, 15) is 0 Å². The zero-order chi connectivity index (χ0) is 13.2. The van der Waals surface area contributed by atoms with Gasteiger partial charge < -0.3 is 5.32 Å². The molecule has 96 valence electrons. The smallest absolute Gasteiger partial charge is 0.112 e. The topological polar surface area (TPSA) is 37.8 Å². The summed E-state index contributed by atoms with van der Waals surface area (Å²) >= 11 is 10.9. The Morgan fingerprint density at radius 2 is 2.16 bits per heavy atom. The molecule has 0 amide bonds. The van der Waals surface area contributed by atoms with E-state index in [1.165, 1.54) is 4.88 Å². The standard InChI is InChI=1S/C13H9BrClN3S/c14-8-5-11-13(18-6-8)10(3-4-16-11)17-7-9-1-2-12(15)19-9/h1-6H,7H2,(H,16,17). The Labute approximate surface area is 127 Å². The summed E-state index contributed by atoms with van der Waals surface area (Å²) in [5.74, 6) is 0. The molecule has 0 saturated heterocycles. The molecule has 0 radical (unpaired) electrons. The molecule has 0 atom stereocenters. The van der Waals surface area contributed by atoms with Crippen molar-refractivity contribution in [2.24, 2.45) is 0 Å². The van der Waals surface area contributed by atoms with Crippen LogP contribution < -0.4 is 5.32 Å². The van der Waals surface area contributed by atoms with Crippen LogP contribution in [0.4, 0.5) is 5.69 Å². The Bertz CT molecular complexity index is 729. The fourth-order valence-corrected chi connectivity index (χ4v) is 3.12. The van der Waals surface area contributed by atoms with Crippen LogP contribution in [0.3, 0.4) is 0 Å². The van der Waals surface area contributed by atoms with Gasteiger partial charge in [0.1, 0.15) is 5.52 Å². The zero-order valence-electron chi connectivity index (χ0n) is 9.73. The summed E-state index contributed by atoms with van der Waals surface area (Å²) in [6.07, 6.45) is 3.55. The van der Waals surface area contributed by atoms with Crippen LogP contribution in [0, 0.1) is 0 Å². The van der Waals surface area contributed by atoms with Crippen LogP contribution in [-0.4, -0.2) is 9.97 Å². The molecule has 0 fully saturated rings. The highest BCUT2D eigenvalue weighted by atomic mass is 79.9. The van der Waals surface area contributed by atoms with E-state index in [0.29, 0.717) is 0 Å². The van der Waals surface area contributed by atoms with Crippen molar-refractivity contribution in [3.05, 3.63) is 50.3 Å². The van der Waals surface area contributed by atoms with E-state index >= 15 is 0 Å². The largest absolute Gasteiger partial charge is 0.378 e. The van der Waals surface area contributed by atoms with Gasteiger partial charge in [-0.3, -0.25) is 9.97 Å². The SMILES string of the molecule is Clc1ccc(CNc2ccnc3cc(Br)cnc23)s1. The van der Waals surface area contributed by atoms with Gasteiger partial charge in [-0.2, -0.15) is 0 Å². The molecular weight excluding hydrogens is 346 g/mol. The number of nitrogens with one attached hydrogen (secondary N) is 1. The fraction of sp³-hybridized carbons (Fsp3) is 0.0769. The average molecular weight is 355 g/mol. The molecule has 0 aliphatic carbocycles. The summed E-state index contributed by atoms with van der Waals surface area (Å²) in [5, 5.41) is 3.37. The number of nitrogens with zero attached hydrogens (tertiary/aromatic N) is 2. The molecule has 0 aromatic carbocycles. The first kappa shape index (κ1) is 12.8. The maximum atomic E-state index is 5.92. The van der Waals surface area contributed by atoms with Gasteiger partial charge in [0.25, 0.3) is 0 Å². The van der Waals surface area contributed by atoms with Crippen molar-refractivity contribution in [1.82, 2.24) is 9.97 Å². The van der Waals surface area contributed by atoms with Crippen LogP contribution in [0.25, 0.3) is 11.0 Å². The van der Waals surface area contributed by atoms with E-state index in [0.717, 1.165) is 32.1 Å². The second-order valence-corrected chi connectivity index (χ2v) is 6.65. The second-order valence-electron chi connectivity index (χ2n) is 3.94. The number of hydrogen-bond acceptors (Lipinski definition) is 4. The minimum Gasteiger partial charge on any atom is -0.378 e. The van der Waals surface area contributed by atoms with Gasteiger partial charge in [0.2, 0.25) is 0 Å². The van der Waals surface area contributed by atoms with E-state index in [-0.39, 0.29) is 0 Å². The third-order valence-corrected chi connectivity index (χ3v) is 4.29. The highest BCUT2D eigenvalue weighted by Crippen LogP contribution is 2.25. The molecule has 0 spiro atoms. The number of pyridine rings is 2. The Kier molecular flexibility index (Phi) is 3.68. The highest BCUT2D eigenvalue weighted by Gasteiger charge is 2.04. The normalized spacial score (nSPS) is 10.8. The number of fused-ring (bicyclic) bond motifs is 1. The molecule has 3 nitrogen and oxygen atoms in total. The van der Waals surface area contributed by atoms with Gasteiger partial charge in [-0.1, -0.05) is 11.6 Å². The Balaban J connectivity index is 1.88. The van der Waals surface area contributed by atoms with E-state index in [2.05, 4.69) is 31.2 Å². The lowest BCUT2D eigenvalue weighted by Crippen LogP contribution is -1.99. The van der Waals surface area contributed by atoms with Crippen molar-refractivity contribution in [2.45, 2.75) is 6.54 Å². The molecule has 0 aliphatic heterocycles. The van der Waals surface area contributed by atoms with Crippen molar-refractivity contribution in [1.29, 1.82) is 0 Å². The number of hydrogen-bond donors (Lipinski definition) is 1. The summed E-state index contributed by atoms with van der Waals surface area (Å²) in [7, 11) is 0. The number of anilines is 1. The quantitative estimate of drug-likeness (QED) is 0.739. The van der Waals surface area contributed by atoms with Crippen LogP contribution in [-0.2, 0) is 6.54 Å². The van der Waals surface area contributed by atoms with Crippen LogP contribution in [0.1, 0.15) is 4.88 Å². The lowest BCUT2D eigenvalue weighted by molar-refractivity contribution is 1.18. The molecule has 0 aliphatic rings. The van der Waals surface area contributed by atoms with Crippen molar-refractivity contribution in [2.75, 3.05) is 5.32 Å². The van der Waals surface area contributed by atoms with Crippen LogP contribution in [0.15, 0.2) is 41.1 Å². The van der Waals surface area contributed by atoms with E-state index < -0.39 is 0 Å². The summed E-state index contributed by atoms with van der Waals surface area (Å²) in [6.45, 7) is 0.730. The summed E-state index contributed by atoms with van der Waals surface area (Å²) < 4.78 is 1.73. The molecule has 19 heavy (non-hydrogen) atoms. The Morgan fingerprint density at radius 3 is 2.95 bits per heavy atom. The van der Waals surface area contributed by atoms with Gasteiger partial charge in [0, 0.05) is 28.3 Å². The first-order valence-electron chi connectivity index (χ1n) is 5.61. The fourth-order valence-electron chi connectivity index (χ4n) is 1.78. The molecular formula is C13H9BrClN3S. The molecule has 3 aromatic rings. The molecule has 0 saturated carbocycles. The number of thiophene rings is 1. The predicted octanol–water partition coefficient (Wildman–Crippen LogP) is 4.72. The molecule has 6 heteroatoms. The predicted molar refractivity (Wildman–Crippen MR) is 83.9 cm³/mol. The Morgan fingerprint density at radius 1 is 1.26 bits per heavy atom. The third-order valence-electron chi connectivity index (χ3n) is 2.63. The molecule has 0 unspecified atom stereocenters. The van der Waals surface area contributed by atoms with Gasteiger partial charge in [0.05, 0.1) is 15.5 Å². The zero-order valence-corrected chi connectivity index (χ0v) is 12.9. The van der Waals surface area contributed by atoms with Crippen molar-refractivity contribution < 1.29 is 0 Å². The molecule has 0 bridgehead atoms. The minimum absolute atomic E-state index is 0.730. The minimum atomic E-state index is 0.730. The first-order valence-corrected chi connectivity index (χ1v) is 7.59. The van der Waals surface area contributed by atoms with Crippen molar-refractivity contribution >= 4 is 55.6 Å². The average Bonchev–Trinajstić information content (AvgIpc) is 2.81. The Hall–Kier alpha value is -1.17. The molecule has 3 heterocycles.